The zero-order chi connectivity index (χ0) is 14.1. The van der Waals surface area contributed by atoms with Crippen molar-refractivity contribution in [1.29, 1.82) is 0 Å². The normalized spacial score (nSPS) is 12.3. The van der Waals surface area contributed by atoms with Gasteiger partial charge in [0.1, 0.15) is 0 Å². The minimum Gasteiger partial charge on any atom is -0.391 e. The number of thioether (sulfide) groups is 1. The van der Waals surface area contributed by atoms with Crippen molar-refractivity contribution in [3.8, 4) is 0 Å². The van der Waals surface area contributed by atoms with E-state index in [9.17, 15) is 15.2 Å². The molecule has 1 aromatic rings. The maximum atomic E-state index is 10.5. The Balaban J connectivity index is 2.25. The second kappa shape index (κ2) is 8.87. The number of benzene rings is 1. The predicted molar refractivity (Wildman–Crippen MR) is 74.6 cm³/mol. The fraction of sp³-hybridized carbons (Fsp3) is 0.500. The standard InChI is InChI=1S/C12H18N2O4S/c1-18-7-6-13-8-11(15)9-19-12-4-2-10(3-5-12)14(16)17/h2-5,11,13,15H,6-9H2,1H3. The Labute approximate surface area is 116 Å². The smallest absolute Gasteiger partial charge is 0.269 e. The van der Waals surface area contributed by atoms with Gasteiger partial charge in [0.2, 0.25) is 0 Å². The van der Waals surface area contributed by atoms with Crippen LogP contribution in [0.3, 0.4) is 0 Å². The lowest BCUT2D eigenvalue weighted by molar-refractivity contribution is -0.384. The molecule has 0 amide bonds. The number of aliphatic hydroxyl groups excluding tert-OH is 1. The SMILES string of the molecule is COCCNCC(O)CSc1ccc([N+](=O)[O-])cc1. The van der Waals surface area contributed by atoms with Crippen molar-refractivity contribution < 1.29 is 14.8 Å². The maximum absolute atomic E-state index is 10.5. The van der Waals surface area contributed by atoms with Gasteiger partial charge in [-0.05, 0) is 12.1 Å². The highest BCUT2D eigenvalue weighted by Crippen LogP contribution is 2.21. The first kappa shape index (κ1) is 15.9. The van der Waals surface area contributed by atoms with Gasteiger partial charge >= 0.3 is 0 Å². The van der Waals surface area contributed by atoms with E-state index in [0.29, 0.717) is 25.4 Å². The summed E-state index contributed by atoms with van der Waals surface area (Å²) in [5, 5.41) is 23.3. The van der Waals surface area contributed by atoms with E-state index in [4.69, 9.17) is 4.74 Å². The molecule has 1 aromatic carbocycles. The summed E-state index contributed by atoms with van der Waals surface area (Å²) in [4.78, 5) is 11.0. The molecule has 7 heteroatoms. The van der Waals surface area contributed by atoms with Crippen molar-refractivity contribution in [2.24, 2.45) is 0 Å². The fourth-order valence-electron chi connectivity index (χ4n) is 1.36. The summed E-state index contributed by atoms with van der Waals surface area (Å²) in [6.45, 7) is 1.82. The lowest BCUT2D eigenvalue weighted by Crippen LogP contribution is -2.30. The molecule has 1 unspecified atom stereocenters. The Kier molecular flexibility index (Phi) is 7.42. The molecule has 6 nitrogen and oxygen atoms in total. The molecule has 0 aliphatic rings. The van der Waals surface area contributed by atoms with Gasteiger partial charge in [-0.1, -0.05) is 0 Å². The van der Waals surface area contributed by atoms with Crippen LogP contribution in [0.15, 0.2) is 29.2 Å². The first-order chi connectivity index (χ1) is 9.13. The number of rotatable bonds is 9. The topological polar surface area (TPSA) is 84.6 Å². The van der Waals surface area contributed by atoms with Gasteiger partial charge in [0.15, 0.2) is 0 Å². The highest BCUT2D eigenvalue weighted by molar-refractivity contribution is 7.99. The third-order valence-corrected chi connectivity index (χ3v) is 3.51. The molecule has 0 fully saturated rings. The van der Waals surface area contributed by atoms with Crippen LogP contribution in [-0.2, 0) is 4.74 Å². The average molecular weight is 286 g/mol. The van der Waals surface area contributed by atoms with E-state index in [-0.39, 0.29) is 5.69 Å². The van der Waals surface area contributed by atoms with Crippen LogP contribution in [0.25, 0.3) is 0 Å². The first-order valence-electron chi connectivity index (χ1n) is 5.88. The van der Waals surface area contributed by atoms with Crippen molar-refractivity contribution in [3.63, 3.8) is 0 Å². The van der Waals surface area contributed by atoms with Crippen molar-refractivity contribution in [2.45, 2.75) is 11.0 Å². The van der Waals surface area contributed by atoms with Crippen molar-refractivity contribution in [2.75, 3.05) is 32.6 Å². The van der Waals surface area contributed by atoms with Crippen LogP contribution in [0.1, 0.15) is 0 Å². The molecule has 0 heterocycles. The summed E-state index contributed by atoms with van der Waals surface area (Å²) in [5.74, 6) is 0.539. The number of nitro groups is 1. The molecule has 0 radical (unpaired) electrons. The van der Waals surface area contributed by atoms with Gasteiger partial charge in [-0.15, -0.1) is 11.8 Å². The number of nitrogens with zero attached hydrogens (tertiary/aromatic N) is 1. The van der Waals surface area contributed by atoms with Gasteiger partial charge in [0.05, 0.1) is 17.6 Å². The van der Waals surface area contributed by atoms with Crippen molar-refractivity contribution in [1.82, 2.24) is 5.32 Å². The highest BCUT2D eigenvalue weighted by Gasteiger charge is 2.07. The fourth-order valence-corrected chi connectivity index (χ4v) is 2.19. The van der Waals surface area contributed by atoms with Crippen LogP contribution < -0.4 is 5.32 Å². The minimum absolute atomic E-state index is 0.0751. The van der Waals surface area contributed by atoms with Crippen LogP contribution >= 0.6 is 11.8 Å². The average Bonchev–Trinajstić information content (AvgIpc) is 2.42. The quantitative estimate of drug-likeness (QED) is 0.308. The van der Waals surface area contributed by atoms with Gasteiger partial charge in [-0.3, -0.25) is 10.1 Å². The second-order valence-corrected chi connectivity index (χ2v) is 5.01. The van der Waals surface area contributed by atoms with Crippen molar-refractivity contribution >= 4 is 17.4 Å². The second-order valence-electron chi connectivity index (χ2n) is 3.91. The number of aliphatic hydroxyl groups is 1. The largest absolute Gasteiger partial charge is 0.391 e. The van der Waals surface area contributed by atoms with E-state index in [1.165, 1.54) is 23.9 Å². The number of hydrogen-bond acceptors (Lipinski definition) is 6. The highest BCUT2D eigenvalue weighted by atomic mass is 32.2. The lowest BCUT2D eigenvalue weighted by atomic mass is 10.3. The van der Waals surface area contributed by atoms with E-state index in [1.54, 1.807) is 19.2 Å². The number of methoxy groups -OCH3 is 1. The van der Waals surface area contributed by atoms with Gasteiger partial charge in [0, 0.05) is 43.0 Å². The number of hydrogen-bond donors (Lipinski definition) is 2. The number of nitrogens with one attached hydrogen (secondary N) is 1. The van der Waals surface area contributed by atoms with E-state index in [2.05, 4.69) is 5.32 Å². The number of ether oxygens (including phenoxy) is 1. The van der Waals surface area contributed by atoms with Gasteiger partial charge in [-0.25, -0.2) is 0 Å². The lowest BCUT2D eigenvalue weighted by Gasteiger charge is -2.11. The Morgan fingerprint density at radius 2 is 2.16 bits per heavy atom. The summed E-state index contributed by atoms with van der Waals surface area (Å²) in [5.41, 5.74) is 0.0751. The van der Waals surface area contributed by atoms with Crippen LogP contribution in [0.2, 0.25) is 0 Å². The maximum Gasteiger partial charge on any atom is 0.269 e. The Bertz CT molecular complexity index is 386. The first-order valence-corrected chi connectivity index (χ1v) is 6.87. The molecular formula is C12H18N2O4S. The summed E-state index contributed by atoms with van der Waals surface area (Å²) >= 11 is 1.47. The molecule has 0 saturated heterocycles. The number of non-ortho nitro benzene ring substituents is 1. The van der Waals surface area contributed by atoms with E-state index in [1.807, 2.05) is 0 Å². The Morgan fingerprint density at radius 3 is 2.74 bits per heavy atom. The molecule has 0 spiro atoms. The van der Waals surface area contributed by atoms with E-state index < -0.39 is 11.0 Å². The molecule has 106 valence electrons. The molecule has 1 rings (SSSR count). The van der Waals surface area contributed by atoms with Gasteiger partial charge < -0.3 is 15.2 Å². The molecule has 0 bridgehead atoms. The minimum atomic E-state index is -0.461. The van der Waals surface area contributed by atoms with Crippen LogP contribution in [0.4, 0.5) is 5.69 Å². The Morgan fingerprint density at radius 1 is 1.47 bits per heavy atom. The zero-order valence-electron chi connectivity index (χ0n) is 10.7. The van der Waals surface area contributed by atoms with Crippen LogP contribution in [0.5, 0.6) is 0 Å². The van der Waals surface area contributed by atoms with Gasteiger partial charge in [0.25, 0.3) is 5.69 Å². The van der Waals surface area contributed by atoms with Gasteiger partial charge in [-0.2, -0.15) is 0 Å². The zero-order valence-corrected chi connectivity index (χ0v) is 11.6. The molecule has 0 aromatic heterocycles. The third-order valence-electron chi connectivity index (χ3n) is 2.35. The van der Waals surface area contributed by atoms with Crippen LogP contribution in [0, 0.1) is 10.1 Å². The number of nitro benzene ring substituents is 1. The summed E-state index contributed by atoms with van der Waals surface area (Å²) in [6, 6.07) is 6.30. The summed E-state index contributed by atoms with van der Waals surface area (Å²) < 4.78 is 4.88. The molecule has 0 aliphatic carbocycles. The van der Waals surface area contributed by atoms with E-state index in [0.717, 1.165) is 4.90 Å². The van der Waals surface area contributed by atoms with E-state index >= 15 is 0 Å². The third kappa shape index (κ3) is 6.53. The van der Waals surface area contributed by atoms with Crippen LogP contribution in [-0.4, -0.2) is 48.7 Å². The Hall–Kier alpha value is -1.15. The molecular weight excluding hydrogens is 268 g/mol. The van der Waals surface area contributed by atoms with Crippen molar-refractivity contribution in [3.05, 3.63) is 34.4 Å². The monoisotopic (exact) mass is 286 g/mol. The molecule has 0 saturated carbocycles. The summed E-state index contributed by atoms with van der Waals surface area (Å²) in [6.07, 6.45) is -0.461. The molecule has 19 heavy (non-hydrogen) atoms. The molecule has 0 aliphatic heterocycles. The predicted octanol–water partition coefficient (Wildman–Crippen LogP) is 1.28. The molecule has 1 atom stereocenters. The molecule has 2 N–H and O–H groups in total. The summed E-state index contributed by atoms with van der Waals surface area (Å²) in [7, 11) is 1.63.